The van der Waals surface area contributed by atoms with E-state index in [1.54, 1.807) is 6.07 Å². The summed E-state index contributed by atoms with van der Waals surface area (Å²) in [4.78, 5) is 12.3. The SMILES string of the molecule is CCCCCc1cc2ccc(C(F)(F)Cc3ccc(CC)cc3F)c(F)c2c(=O)o1. The van der Waals surface area contributed by atoms with Crippen molar-refractivity contribution >= 4 is 10.8 Å². The van der Waals surface area contributed by atoms with Crippen LogP contribution in [-0.4, -0.2) is 0 Å². The summed E-state index contributed by atoms with van der Waals surface area (Å²) in [6.07, 6.45) is 2.84. The second-order valence-electron chi connectivity index (χ2n) is 7.51. The van der Waals surface area contributed by atoms with E-state index >= 15 is 0 Å². The maximum Gasteiger partial charge on any atom is 0.346 e. The molecule has 0 radical (unpaired) electrons. The number of rotatable bonds is 8. The molecule has 1 heterocycles. The molecule has 0 saturated heterocycles. The van der Waals surface area contributed by atoms with E-state index in [0.717, 1.165) is 25.3 Å². The highest BCUT2D eigenvalue weighted by Crippen LogP contribution is 2.36. The molecule has 2 aromatic carbocycles. The molecule has 0 aliphatic heterocycles. The van der Waals surface area contributed by atoms with Crippen LogP contribution < -0.4 is 5.63 Å². The number of hydrogen-bond acceptors (Lipinski definition) is 2. The summed E-state index contributed by atoms with van der Waals surface area (Å²) in [6, 6.07) is 7.83. The van der Waals surface area contributed by atoms with Crippen LogP contribution in [0.4, 0.5) is 17.6 Å². The van der Waals surface area contributed by atoms with Crippen LogP contribution in [0.15, 0.2) is 45.6 Å². The maximum atomic E-state index is 15.0. The molecule has 0 bridgehead atoms. The van der Waals surface area contributed by atoms with Gasteiger partial charge in [-0.3, -0.25) is 0 Å². The van der Waals surface area contributed by atoms with E-state index in [1.165, 1.54) is 24.3 Å². The third kappa shape index (κ3) is 4.58. The van der Waals surface area contributed by atoms with Crippen LogP contribution in [0, 0.1) is 11.6 Å². The van der Waals surface area contributed by atoms with E-state index in [2.05, 4.69) is 0 Å². The van der Waals surface area contributed by atoms with Gasteiger partial charge in [0, 0.05) is 12.8 Å². The summed E-state index contributed by atoms with van der Waals surface area (Å²) in [7, 11) is 0. The molecule has 0 spiro atoms. The molecule has 0 N–H and O–H groups in total. The minimum atomic E-state index is -3.70. The molecular weight excluding hydrogens is 396 g/mol. The van der Waals surface area contributed by atoms with E-state index in [9.17, 15) is 22.4 Å². The van der Waals surface area contributed by atoms with Crippen molar-refractivity contribution in [2.75, 3.05) is 0 Å². The van der Waals surface area contributed by atoms with E-state index in [-0.39, 0.29) is 10.9 Å². The summed E-state index contributed by atoms with van der Waals surface area (Å²) in [5.41, 5.74) is -1.45. The second kappa shape index (κ2) is 9.02. The van der Waals surface area contributed by atoms with Crippen LogP contribution in [0.2, 0.25) is 0 Å². The minimum Gasteiger partial charge on any atom is -0.427 e. The van der Waals surface area contributed by atoms with Crippen molar-refractivity contribution in [2.24, 2.45) is 0 Å². The van der Waals surface area contributed by atoms with Crippen LogP contribution in [-0.2, 0) is 25.2 Å². The lowest BCUT2D eigenvalue weighted by Gasteiger charge is -2.19. The molecule has 0 saturated carbocycles. The Morgan fingerprint density at radius 2 is 1.77 bits per heavy atom. The molecule has 160 valence electrons. The second-order valence-corrected chi connectivity index (χ2v) is 7.51. The molecule has 30 heavy (non-hydrogen) atoms. The van der Waals surface area contributed by atoms with Gasteiger partial charge in [-0.15, -0.1) is 0 Å². The van der Waals surface area contributed by atoms with Gasteiger partial charge in [-0.25, -0.2) is 22.4 Å². The summed E-state index contributed by atoms with van der Waals surface area (Å²) in [5.74, 6) is -5.37. The van der Waals surface area contributed by atoms with Crippen molar-refractivity contribution in [1.82, 2.24) is 0 Å². The third-order valence-corrected chi connectivity index (χ3v) is 5.28. The average molecular weight is 420 g/mol. The molecule has 0 atom stereocenters. The van der Waals surface area contributed by atoms with Crippen LogP contribution >= 0.6 is 0 Å². The highest BCUT2D eigenvalue weighted by molar-refractivity contribution is 5.83. The lowest BCUT2D eigenvalue weighted by molar-refractivity contribution is -0.00784. The van der Waals surface area contributed by atoms with E-state index in [0.29, 0.717) is 24.2 Å². The normalized spacial score (nSPS) is 11.9. The van der Waals surface area contributed by atoms with E-state index in [1.807, 2.05) is 13.8 Å². The van der Waals surface area contributed by atoms with Crippen LogP contribution in [0.1, 0.15) is 55.6 Å². The first kappa shape index (κ1) is 22.1. The smallest absolute Gasteiger partial charge is 0.346 e. The molecule has 1 aromatic heterocycles. The zero-order valence-electron chi connectivity index (χ0n) is 17.0. The van der Waals surface area contributed by atoms with Gasteiger partial charge < -0.3 is 4.42 Å². The Balaban J connectivity index is 1.97. The topological polar surface area (TPSA) is 30.2 Å². The number of aryl methyl sites for hydroxylation is 2. The quantitative estimate of drug-likeness (QED) is 0.300. The third-order valence-electron chi connectivity index (χ3n) is 5.28. The zero-order valence-corrected chi connectivity index (χ0v) is 17.0. The van der Waals surface area contributed by atoms with Gasteiger partial charge in [-0.2, -0.15) is 0 Å². The van der Waals surface area contributed by atoms with Gasteiger partial charge in [0.05, 0.1) is 5.56 Å². The van der Waals surface area contributed by atoms with Crippen molar-refractivity contribution in [3.63, 3.8) is 0 Å². The Bertz CT molecular complexity index is 1100. The summed E-state index contributed by atoms with van der Waals surface area (Å²) in [6.45, 7) is 3.87. The van der Waals surface area contributed by atoms with Crippen LogP contribution in [0.25, 0.3) is 10.8 Å². The number of unbranched alkanes of at least 4 members (excludes halogenated alkanes) is 2. The lowest BCUT2D eigenvalue weighted by atomic mass is 9.96. The Morgan fingerprint density at radius 1 is 1.00 bits per heavy atom. The minimum absolute atomic E-state index is 0.213. The number of hydrogen-bond donors (Lipinski definition) is 0. The standard InChI is InChI=1S/C24H24F4O2/c1-3-5-6-7-18-13-16-10-11-19(22(26)21(16)23(29)30-18)24(27,28)14-17-9-8-15(4-2)12-20(17)25/h8-13H,3-7,14H2,1-2H3. The van der Waals surface area contributed by atoms with Gasteiger partial charge in [-0.05, 0) is 47.6 Å². The Labute approximate surface area is 172 Å². The predicted octanol–water partition coefficient (Wildman–Crippen LogP) is 6.70. The first-order valence-electron chi connectivity index (χ1n) is 10.2. The van der Waals surface area contributed by atoms with Gasteiger partial charge in [0.1, 0.15) is 22.8 Å². The monoisotopic (exact) mass is 420 g/mol. The summed E-state index contributed by atoms with van der Waals surface area (Å²) in [5, 5.41) is -0.290. The number of benzene rings is 2. The van der Waals surface area contributed by atoms with Crippen LogP contribution in [0.5, 0.6) is 0 Å². The highest BCUT2D eigenvalue weighted by Gasteiger charge is 2.37. The molecule has 0 aliphatic carbocycles. The zero-order chi connectivity index (χ0) is 21.9. The molecule has 3 rings (SSSR count). The lowest BCUT2D eigenvalue weighted by Crippen LogP contribution is -2.21. The predicted molar refractivity (Wildman–Crippen MR) is 109 cm³/mol. The Kier molecular flexibility index (Phi) is 6.64. The maximum absolute atomic E-state index is 15.0. The molecule has 6 heteroatoms. The first-order chi connectivity index (χ1) is 14.3. The molecule has 0 fully saturated rings. The van der Waals surface area contributed by atoms with Gasteiger partial charge >= 0.3 is 5.63 Å². The van der Waals surface area contributed by atoms with Gasteiger partial charge in [-0.1, -0.05) is 44.9 Å². The fourth-order valence-electron chi connectivity index (χ4n) is 3.54. The largest absolute Gasteiger partial charge is 0.427 e. The highest BCUT2D eigenvalue weighted by atomic mass is 19.3. The number of halogens is 4. The van der Waals surface area contributed by atoms with Crippen LogP contribution in [0.3, 0.4) is 0 Å². The van der Waals surface area contributed by atoms with Gasteiger partial charge in [0.25, 0.3) is 5.92 Å². The average Bonchev–Trinajstić information content (AvgIpc) is 2.69. The van der Waals surface area contributed by atoms with E-state index in [4.69, 9.17) is 4.42 Å². The first-order valence-corrected chi connectivity index (χ1v) is 10.2. The van der Waals surface area contributed by atoms with Crippen molar-refractivity contribution < 1.29 is 22.0 Å². The van der Waals surface area contributed by atoms with E-state index < -0.39 is 40.6 Å². The van der Waals surface area contributed by atoms with Gasteiger partial charge in [0.2, 0.25) is 0 Å². The Morgan fingerprint density at radius 3 is 2.43 bits per heavy atom. The summed E-state index contributed by atoms with van der Waals surface area (Å²) >= 11 is 0. The Hall–Kier alpha value is -2.63. The van der Waals surface area contributed by atoms with Crippen molar-refractivity contribution in [3.05, 3.63) is 80.9 Å². The number of fused-ring (bicyclic) bond motifs is 1. The van der Waals surface area contributed by atoms with Crippen molar-refractivity contribution in [1.29, 1.82) is 0 Å². The molecule has 3 aromatic rings. The van der Waals surface area contributed by atoms with Gasteiger partial charge in [0.15, 0.2) is 0 Å². The summed E-state index contributed by atoms with van der Waals surface area (Å²) < 4.78 is 64.0. The van der Waals surface area contributed by atoms with Crippen molar-refractivity contribution in [2.45, 2.75) is 58.3 Å². The van der Waals surface area contributed by atoms with Crippen molar-refractivity contribution in [3.8, 4) is 0 Å². The fraction of sp³-hybridized carbons (Fsp3) is 0.375. The molecule has 2 nitrogen and oxygen atoms in total. The molecule has 0 unspecified atom stereocenters. The molecule has 0 aliphatic rings. The fourth-order valence-corrected chi connectivity index (χ4v) is 3.54. The molecule has 0 amide bonds. The number of alkyl halides is 2. The molecular formula is C24H24F4O2.